The number of nitrogens with zero attached hydrogens (tertiary/aromatic N) is 3. The van der Waals surface area contributed by atoms with Crippen LogP contribution in [-0.4, -0.2) is 26.0 Å². The van der Waals surface area contributed by atoms with Gasteiger partial charge in [-0.05, 0) is 36.8 Å². The van der Waals surface area contributed by atoms with Crippen molar-refractivity contribution in [3.63, 3.8) is 0 Å². The van der Waals surface area contributed by atoms with Gasteiger partial charge in [-0.2, -0.15) is 5.10 Å². The number of hydrogen-bond donors (Lipinski definition) is 3. The lowest BCUT2D eigenvalue weighted by molar-refractivity contribution is -0.383. The Bertz CT molecular complexity index is 1240. The summed E-state index contributed by atoms with van der Waals surface area (Å²) >= 11 is 0. The van der Waals surface area contributed by atoms with Crippen molar-refractivity contribution in [3.8, 4) is 0 Å². The molecule has 0 spiro atoms. The number of para-hydroxylation sites is 1. The molecule has 0 aliphatic carbocycles. The number of nitro benzene ring substituents is 1. The van der Waals surface area contributed by atoms with Gasteiger partial charge in [0, 0.05) is 17.3 Å². The third-order valence-corrected chi connectivity index (χ3v) is 4.79. The number of aromatic nitrogens is 3. The van der Waals surface area contributed by atoms with Gasteiger partial charge in [0.1, 0.15) is 17.6 Å². The van der Waals surface area contributed by atoms with Gasteiger partial charge in [-0.15, -0.1) is 0 Å². The number of nitrogens with one attached hydrogen (secondary N) is 3. The van der Waals surface area contributed by atoms with Crippen LogP contribution >= 0.6 is 0 Å². The van der Waals surface area contributed by atoms with Crippen molar-refractivity contribution in [3.05, 3.63) is 112 Å². The fourth-order valence-electron chi connectivity index (χ4n) is 3.25. The van der Waals surface area contributed by atoms with Gasteiger partial charge in [0.2, 0.25) is 0 Å². The highest BCUT2D eigenvalue weighted by Gasteiger charge is 2.23. The number of benzene rings is 3. The van der Waals surface area contributed by atoms with Gasteiger partial charge in [-0.3, -0.25) is 20.0 Å². The molecule has 1 unspecified atom stereocenters. The van der Waals surface area contributed by atoms with E-state index in [0.717, 1.165) is 5.56 Å². The van der Waals surface area contributed by atoms with Crippen LogP contribution in [0.1, 0.15) is 33.6 Å². The summed E-state index contributed by atoms with van der Waals surface area (Å²) in [7, 11) is 0. The topological polar surface area (TPSA) is 126 Å². The molecule has 4 rings (SSSR count). The lowest BCUT2D eigenvalue weighted by Crippen LogP contribution is -2.30. The number of anilines is 2. The Morgan fingerprint density at radius 1 is 1.03 bits per heavy atom. The minimum atomic E-state index is -0.616. The van der Waals surface area contributed by atoms with Crippen LogP contribution < -0.4 is 10.6 Å². The molecule has 0 fully saturated rings. The molecule has 1 heterocycles. The van der Waals surface area contributed by atoms with Crippen LogP contribution in [0, 0.1) is 17.0 Å². The highest BCUT2D eigenvalue weighted by Crippen LogP contribution is 2.29. The molecule has 3 N–H and O–H groups in total. The zero-order valence-corrected chi connectivity index (χ0v) is 17.1. The highest BCUT2D eigenvalue weighted by molar-refractivity contribution is 5.96. The number of amides is 1. The molecule has 4 aromatic rings. The van der Waals surface area contributed by atoms with E-state index in [0.29, 0.717) is 23.0 Å². The van der Waals surface area contributed by atoms with E-state index in [1.807, 2.05) is 48.5 Å². The fourth-order valence-corrected chi connectivity index (χ4v) is 3.25. The first-order valence-corrected chi connectivity index (χ1v) is 9.86. The number of nitro groups is 1. The summed E-state index contributed by atoms with van der Waals surface area (Å²) in [6.07, 6.45) is 0. The van der Waals surface area contributed by atoms with E-state index in [4.69, 9.17) is 0 Å². The maximum atomic E-state index is 13.0. The van der Waals surface area contributed by atoms with Crippen LogP contribution in [-0.2, 0) is 0 Å². The summed E-state index contributed by atoms with van der Waals surface area (Å²) in [5.74, 6) is 0.539. The molecule has 3 aromatic carbocycles. The number of carbonyl (C=O) groups excluding carboxylic acids is 1. The second-order valence-electron chi connectivity index (χ2n) is 7.08. The van der Waals surface area contributed by atoms with E-state index in [9.17, 15) is 14.9 Å². The molecule has 1 atom stereocenters. The van der Waals surface area contributed by atoms with Crippen molar-refractivity contribution in [2.75, 3.05) is 5.32 Å². The number of carbonyl (C=O) groups is 1. The van der Waals surface area contributed by atoms with Gasteiger partial charge in [-0.25, -0.2) is 4.98 Å². The molecule has 9 nitrogen and oxygen atoms in total. The third-order valence-electron chi connectivity index (χ3n) is 4.79. The molecule has 0 bridgehead atoms. The first-order chi connectivity index (χ1) is 15.5. The van der Waals surface area contributed by atoms with Crippen LogP contribution in [0.3, 0.4) is 0 Å². The van der Waals surface area contributed by atoms with E-state index >= 15 is 0 Å². The fraction of sp³-hybridized carbons (Fsp3) is 0.0870. The Kier molecular flexibility index (Phi) is 5.89. The minimum absolute atomic E-state index is 0.156. The zero-order valence-electron chi connectivity index (χ0n) is 17.1. The van der Waals surface area contributed by atoms with Crippen LogP contribution in [0.2, 0.25) is 0 Å². The molecular weight excluding hydrogens is 408 g/mol. The number of aryl methyl sites for hydroxylation is 1. The van der Waals surface area contributed by atoms with Gasteiger partial charge in [0.25, 0.3) is 11.6 Å². The Morgan fingerprint density at radius 3 is 2.34 bits per heavy atom. The van der Waals surface area contributed by atoms with Crippen LogP contribution in [0.15, 0.2) is 78.9 Å². The summed E-state index contributed by atoms with van der Waals surface area (Å²) < 4.78 is 0. The molecule has 0 radical (unpaired) electrons. The van der Waals surface area contributed by atoms with Gasteiger partial charge in [0.05, 0.1) is 4.92 Å². The molecule has 0 aliphatic rings. The second kappa shape index (κ2) is 9.09. The summed E-state index contributed by atoms with van der Waals surface area (Å²) in [4.78, 5) is 28.5. The molecule has 1 aromatic heterocycles. The molecular formula is C23H20N6O3. The highest BCUT2D eigenvalue weighted by atomic mass is 16.6. The summed E-state index contributed by atoms with van der Waals surface area (Å²) in [5.41, 5.74) is 1.74. The van der Waals surface area contributed by atoms with Crippen molar-refractivity contribution < 1.29 is 9.72 Å². The van der Waals surface area contributed by atoms with E-state index in [1.54, 1.807) is 25.1 Å². The second-order valence-corrected chi connectivity index (χ2v) is 7.08. The molecule has 0 saturated carbocycles. The normalized spacial score (nSPS) is 11.5. The predicted molar refractivity (Wildman–Crippen MR) is 120 cm³/mol. The Labute approximate surface area is 183 Å². The predicted octanol–water partition coefficient (Wildman–Crippen LogP) is 4.28. The first-order valence-electron chi connectivity index (χ1n) is 9.86. The third kappa shape index (κ3) is 4.62. The summed E-state index contributed by atoms with van der Waals surface area (Å²) in [5, 5.41) is 24.5. The van der Waals surface area contributed by atoms with Crippen molar-refractivity contribution in [2.24, 2.45) is 0 Å². The van der Waals surface area contributed by atoms with E-state index in [-0.39, 0.29) is 11.3 Å². The maximum absolute atomic E-state index is 13.0. The van der Waals surface area contributed by atoms with E-state index in [2.05, 4.69) is 25.8 Å². The van der Waals surface area contributed by atoms with Crippen molar-refractivity contribution in [1.82, 2.24) is 20.5 Å². The van der Waals surface area contributed by atoms with Gasteiger partial charge >= 0.3 is 0 Å². The number of H-pyrrole nitrogens is 1. The first kappa shape index (κ1) is 20.7. The van der Waals surface area contributed by atoms with Gasteiger partial charge in [0.15, 0.2) is 5.82 Å². The smallest absolute Gasteiger partial charge is 0.293 e. The monoisotopic (exact) mass is 428 g/mol. The average molecular weight is 428 g/mol. The number of rotatable bonds is 7. The quantitative estimate of drug-likeness (QED) is 0.298. The lowest BCUT2D eigenvalue weighted by Gasteiger charge is -2.16. The van der Waals surface area contributed by atoms with Gasteiger partial charge < -0.3 is 10.6 Å². The maximum Gasteiger partial charge on any atom is 0.293 e. The zero-order chi connectivity index (χ0) is 22.5. The molecule has 160 valence electrons. The van der Waals surface area contributed by atoms with Gasteiger partial charge in [-0.1, -0.05) is 48.5 Å². The number of hydrogen-bond acceptors (Lipinski definition) is 6. The SMILES string of the molecule is Cc1nc(C(NC(=O)c2ccc(Nc3ccccc3)c([N+](=O)[O-])c2)c2ccccc2)n[nH]1. The van der Waals surface area contributed by atoms with Crippen molar-refractivity contribution in [1.29, 1.82) is 0 Å². The largest absolute Gasteiger partial charge is 0.350 e. The van der Waals surface area contributed by atoms with E-state index < -0.39 is 16.9 Å². The van der Waals surface area contributed by atoms with Crippen LogP contribution in [0.5, 0.6) is 0 Å². The van der Waals surface area contributed by atoms with Crippen LogP contribution in [0.25, 0.3) is 0 Å². The van der Waals surface area contributed by atoms with E-state index in [1.165, 1.54) is 12.1 Å². The van der Waals surface area contributed by atoms with Crippen LogP contribution in [0.4, 0.5) is 17.1 Å². The Hall–Kier alpha value is -4.53. The number of aromatic amines is 1. The molecule has 0 aliphatic heterocycles. The summed E-state index contributed by atoms with van der Waals surface area (Å²) in [6, 6.07) is 22.1. The van der Waals surface area contributed by atoms with Crippen molar-refractivity contribution in [2.45, 2.75) is 13.0 Å². The molecule has 32 heavy (non-hydrogen) atoms. The Morgan fingerprint density at radius 2 is 1.72 bits per heavy atom. The molecule has 1 amide bonds. The molecule has 0 saturated heterocycles. The van der Waals surface area contributed by atoms with Crippen molar-refractivity contribution >= 4 is 23.0 Å². The summed E-state index contributed by atoms with van der Waals surface area (Å²) in [6.45, 7) is 1.77. The molecule has 9 heteroatoms. The lowest BCUT2D eigenvalue weighted by atomic mass is 10.1. The standard InChI is InChI=1S/C23H20N6O3/c1-15-24-22(28-27-15)21(16-8-4-2-5-9-16)26-23(30)17-12-13-19(20(14-17)29(31)32)25-18-10-6-3-7-11-18/h2-14,21,25H,1H3,(H,26,30)(H,24,27,28). The Balaban J connectivity index is 1.62. The minimum Gasteiger partial charge on any atom is -0.350 e. The average Bonchev–Trinajstić information content (AvgIpc) is 3.24.